The van der Waals surface area contributed by atoms with Gasteiger partial charge in [-0.3, -0.25) is 14.4 Å². The monoisotopic (exact) mass is 674 g/mol. The molecule has 15 heteroatoms. The van der Waals surface area contributed by atoms with E-state index >= 15 is 0 Å². The second-order valence-corrected chi connectivity index (χ2v) is 12.9. The van der Waals surface area contributed by atoms with Crippen LogP contribution >= 0.6 is 0 Å². The molecule has 48 heavy (non-hydrogen) atoms. The van der Waals surface area contributed by atoms with Crippen molar-refractivity contribution in [2.24, 2.45) is 5.92 Å². The predicted octanol–water partition coefficient (Wildman–Crippen LogP) is 0.804. The lowest BCUT2D eigenvalue weighted by molar-refractivity contribution is -0.318. The molecule has 0 saturated carbocycles. The van der Waals surface area contributed by atoms with Crippen molar-refractivity contribution in [3.8, 4) is 17.2 Å². The van der Waals surface area contributed by atoms with Crippen LogP contribution in [0.3, 0.4) is 0 Å². The van der Waals surface area contributed by atoms with Crippen molar-refractivity contribution in [1.82, 2.24) is 0 Å². The molecule has 2 aliphatic carbocycles. The molecular formula is C33H38O15. The van der Waals surface area contributed by atoms with E-state index in [2.05, 4.69) is 0 Å². The minimum atomic E-state index is -2.55. The Morgan fingerprint density at radius 1 is 0.938 bits per heavy atom. The summed E-state index contributed by atoms with van der Waals surface area (Å²) in [6.45, 7) is 4.07. The molecule has 0 bridgehead atoms. The lowest BCUT2D eigenvalue weighted by Crippen LogP contribution is -2.65. The Hall–Kier alpha value is -3.67. The van der Waals surface area contributed by atoms with E-state index in [0.29, 0.717) is 0 Å². The van der Waals surface area contributed by atoms with Crippen LogP contribution < -0.4 is 0 Å². The van der Waals surface area contributed by atoms with E-state index in [4.69, 9.17) is 23.7 Å². The number of hydrogen-bond acceptors (Lipinski definition) is 15. The molecule has 7 N–H and O–H groups in total. The van der Waals surface area contributed by atoms with Gasteiger partial charge in [-0.05, 0) is 50.3 Å². The molecule has 2 heterocycles. The van der Waals surface area contributed by atoms with E-state index < -0.39 is 107 Å². The van der Waals surface area contributed by atoms with Crippen molar-refractivity contribution in [3.05, 3.63) is 40.7 Å². The number of rotatable bonds is 6. The van der Waals surface area contributed by atoms with Crippen LogP contribution in [0.15, 0.2) is 29.5 Å². The normalized spacial score (nSPS) is 37.0. The maximum atomic E-state index is 14.8. The van der Waals surface area contributed by atoms with Crippen LogP contribution in [0.4, 0.5) is 0 Å². The van der Waals surface area contributed by atoms with Gasteiger partial charge in [0.2, 0.25) is 5.78 Å². The molecule has 0 radical (unpaired) electrons. The second kappa shape index (κ2) is 12.3. The van der Waals surface area contributed by atoms with Gasteiger partial charge in [-0.25, -0.2) is 0 Å². The number of carbonyl (C=O) groups is 3. The Morgan fingerprint density at radius 3 is 2.25 bits per heavy atom. The fourth-order valence-corrected chi connectivity index (χ4v) is 7.46. The quantitative estimate of drug-likeness (QED) is 0.210. The molecular weight excluding hydrogens is 636 g/mol. The summed E-state index contributed by atoms with van der Waals surface area (Å²) in [5.41, 5.74) is -3.47. The van der Waals surface area contributed by atoms with Crippen LogP contribution in [-0.2, 0) is 39.7 Å². The molecule has 0 spiro atoms. The van der Waals surface area contributed by atoms with Gasteiger partial charge >= 0.3 is 0 Å². The number of aliphatic hydroxyl groups excluding tert-OH is 4. The van der Waals surface area contributed by atoms with E-state index in [-0.39, 0.29) is 46.9 Å². The molecule has 15 nitrogen and oxygen atoms in total. The molecule has 2 aromatic carbocycles. The minimum Gasteiger partial charge on any atom is -0.508 e. The van der Waals surface area contributed by atoms with Gasteiger partial charge in [0, 0.05) is 31.9 Å². The molecule has 2 saturated heterocycles. The maximum Gasteiger partial charge on any atom is 0.207 e. The molecule has 0 unspecified atom stereocenters. The number of benzene rings is 2. The fraction of sp³-hybridized carbons (Fsp3) is 0.545. The summed E-state index contributed by atoms with van der Waals surface area (Å²) in [4.78, 5) is 41.1. The number of phenolic OH excluding ortho intramolecular Hbond substituents is 3. The number of Topliss-reactive ketones (excluding diaryl/α,β-unsaturated/α-hetero) is 3. The highest BCUT2D eigenvalue weighted by Gasteiger charge is 2.65. The average molecular weight is 675 g/mol. The first-order valence-electron chi connectivity index (χ1n) is 15.6. The topological polar surface area (TPSA) is 239 Å². The lowest BCUT2D eigenvalue weighted by Gasteiger charge is -2.50. The highest BCUT2D eigenvalue weighted by molar-refractivity contribution is 6.25. The van der Waals surface area contributed by atoms with Crippen molar-refractivity contribution >= 4 is 28.1 Å². The Kier molecular flexibility index (Phi) is 8.79. The average Bonchev–Trinajstić information content (AvgIpc) is 2.99. The third kappa shape index (κ3) is 5.25. The number of methoxy groups -OCH3 is 1. The van der Waals surface area contributed by atoms with E-state index in [1.165, 1.54) is 26.2 Å². The van der Waals surface area contributed by atoms with Gasteiger partial charge in [-0.15, -0.1) is 0 Å². The smallest absolute Gasteiger partial charge is 0.207 e. The maximum absolute atomic E-state index is 14.8. The molecule has 4 aliphatic rings. The van der Waals surface area contributed by atoms with Crippen LogP contribution in [-0.4, -0.2) is 121 Å². The van der Waals surface area contributed by atoms with Gasteiger partial charge in [0.15, 0.2) is 29.7 Å². The Labute approximate surface area is 273 Å². The molecule has 2 aliphatic heterocycles. The summed E-state index contributed by atoms with van der Waals surface area (Å²) in [5.74, 6) is -6.69. The molecule has 11 atom stereocenters. The third-order valence-electron chi connectivity index (χ3n) is 9.82. The Bertz CT molecular complexity index is 1690. The first-order valence-corrected chi connectivity index (χ1v) is 15.6. The minimum absolute atomic E-state index is 0.113. The van der Waals surface area contributed by atoms with Crippen LogP contribution in [0.25, 0.3) is 10.8 Å². The molecule has 2 fully saturated rings. The highest BCUT2D eigenvalue weighted by Crippen LogP contribution is 2.52. The van der Waals surface area contributed by atoms with Crippen LogP contribution in [0, 0.1) is 5.92 Å². The van der Waals surface area contributed by atoms with Crippen LogP contribution in [0.1, 0.15) is 49.5 Å². The number of carbonyl (C=O) groups excluding carboxylic acids is 3. The zero-order valence-electron chi connectivity index (χ0n) is 26.5. The first-order chi connectivity index (χ1) is 22.6. The standard InChI is InChI=1S/C33H38O15/c1-11(34)23-29(41)30(44-4)17-7-15-5-14-6-16(35)8-18(36)24(14)28(40)25(15)32(43)33(17,31(23)42)48-22-10-20(27(39)13(3)46-22)47-21-9-19(37)26(38)12(2)45-21/h5-6,8,12-13,17,19-22,26-27,30,35-40,42H,7,9-10H2,1-4H3/t12-,13-,17+,19-,20-,21+,22+,26+,27-,30+,33-/m1/s1. The number of hydrogen-bond donors (Lipinski definition) is 7. The van der Waals surface area contributed by atoms with Crippen LogP contribution in [0.5, 0.6) is 17.2 Å². The SMILES string of the molecule is CO[C@@H]1C(=O)C(C(C)=O)=C(O)[C@@]2(O[C@H]3C[C@@H](O[C@H]4C[C@@H](O)[C@@H](O)[C@@H](C)O4)[C@H](O)[C@@H](C)O3)C(=O)c3c(cc4cc(O)cc(O)c4c3O)C[C@@H]12. The van der Waals surface area contributed by atoms with Crippen molar-refractivity contribution in [2.75, 3.05) is 7.11 Å². The Balaban J connectivity index is 1.46. The summed E-state index contributed by atoms with van der Waals surface area (Å²) in [5, 5.41) is 75.2. The van der Waals surface area contributed by atoms with Gasteiger partial charge < -0.3 is 59.4 Å². The molecule has 0 amide bonds. The lowest BCUT2D eigenvalue weighted by atomic mass is 9.62. The van der Waals surface area contributed by atoms with E-state index in [0.717, 1.165) is 13.0 Å². The van der Waals surface area contributed by atoms with Crippen molar-refractivity contribution in [3.63, 3.8) is 0 Å². The molecule has 2 aromatic rings. The molecule has 6 rings (SSSR count). The van der Waals surface area contributed by atoms with E-state index in [1.807, 2.05) is 0 Å². The second-order valence-electron chi connectivity index (χ2n) is 12.9. The van der Waals surface area contributed by atoms with E-state index in [1.54, 1.807) is 6.92 Å². The van der Waals surface area contributed by atoms with Gasteiger partial charge in [0.05, 0.1) is 35.4 Å². The summed E-state index contributed by atoms with van der Waals surface area (Å²) in [6.07, 6.45) is -11.0. The van der Waals surface area contributed by atoms with E-state index in [9.17, 15) is 50.1 Å². The number of ketones is 3. The molecule has 0 aromatic heterocycles. The summed E-state index contributed by atoms with van der Waals surface area (Å²) >= 11 is 0. The van der Waals surface area contributed by atoms with Crippen molar-refractivity contribution in [1.29, 1.82) is 0 Å². The van der Waals surface area contributed by atoms with Gasteiger partial charge in [-0.2, -0.15) is 0 Å². The third-order valence-corrected chi connectivity index (χ3v) is 9.82. The predicted molar refractivity (Wildman–Crippen MR) is 161 cm³/mol. The summed E-state index contributed by atoms with van der Waals surface area (Å²) in [6, 6.07) is 3.68. The van der Waals surface area contributed by atoms with Crippen molar-refractivity contribution in [2.45, 2.75) is 101 Å². The van der Waals surface area contributed by atoms with Crippen molar-refractivity contribution < 1.29 is 73.8 Å². The zero-order chi connectivity index (χ0) is 35.0. The number of aromatic hydroxyl groups is 3. The fourth-order valence-electron chi connectivity index (χ4n) is 7.46. The van der Waals surface area contributed by atoms with Gasteiger partial charge in [0.1, 0.15) is 46.9 Å². The summed E-state index contributed by atoms with van der Waals surface area (Å²) in [7, 11) is 1.19. The number of aliphatic hydroxyl groups is 4. The number of phenols is 3. The highest BCUT2D eigenvalue weighted by atomic mass is 16.7. The number of ether oxygens (including phenoxy) is 5. The Morgan fingerprint density at radius 2 is 1.60 bits per heavy atom. The summed E-state index contributed by atoms with van der Waals surface area (Å²) < 4.78 is 29.5. The zero-order valence-corrected chi connectivity index (χ0v) is 26.5. The molecule has 260 valence electrons. The number of fused-ring (bicyclic) bond motifs is 3. The largest absolute Gasteiger partial charge is 0.508 e. The van der Waals surface area contributed by atoms with Gasteiger partial charge in [0.25, 0.3) is 0 Å². The first kappa shape index (κ1) is 34.2. The van der Waals surface area contributed by atoms with Gasteiger partial charge in [-0.1, -0.05) is 0 Å². The van der Waals surface area contributed by atoms with Crippen LogP contribution in [0.2, 0.25) is 0 Å².